The lowest BCUT2D eigenvalue weighted by molar-refractivity contribution is -0.150. The second kappa shape index (κ2) is 15.6. The largest absolute Gasteiger partial charge is 0.503 e. The van der Waals surface area contributed by atoms with E-state index in [-0.39, 0.29) is 57.8 Å². The molecule has 58 heavy (non-hydrogen) atoms. The summed E-state index contributed by atoms with van der Waals surface area (Å²) in [5, 5.41) is 28.7. The number of oxime groups is 1. The highest BCUT2D eigenvalue weighted by molar-refractivity contribution is 8.00. The molecule has 13 nitrogen and oxygen atoms in total. The molecule has 3 amide bonds. The SMILES string of the molecule is Nc1nc(C(=NOC(c2ccccc2)(c2ccccc2)c2ccccc2)C(=O)N[C@@H]2C(=O)N3C(C(=O)O)=C(C=C4CCN(c5cccc(F)c5O)C4=O)CS[C@H]23)cs1. The molecule has 2 atom stereocenters. The molecule has 0 radical (unpaired) electrons. The molecule has 1 aromatic heterocycles. The summed E-state index contributed by atoms with van der Waals surface area (Å²) in [4.78, 5) is 67.2. The average Bonchev–Trinajstić information content (AvgIpc) is 3.84. The maximum atomic E-state index is 14.2. The van der Waals surface area contributed by atoms with Crippen LogP contribution in [0.4, 0.5) is 15.2 Å². The summed E-state index contributed by atoms with van der Waals surface area (Å²) in [6.45, 7) is 0.130. The van der Waals surface area contributed by atoms with Gasteiger partial charge in [0, 0.05) is 39.9 Å². The Bertz CT molecular complexity index is 2430. The number of nitrogens with two attached hydrogens (primary N) is 1. The van der Waals surface area contributed by atoms with Crippen LogP contribution >= 0.6 is 23.1 Å². The molecule has 3 aliphatic heterocycles. The lowest BCUT2D eigenvalue weighted by Gasteiger charge is -2.49. The summed E-state index contributed by atoms with van der Waals surface area (Å²) in [6.07, 6.45) is 1.62. The number of thiazole rings is 1. The molecule has 8 rings (SSSR count). The molecular formula is C42H33FN6O7S2. The monoisotopic (exact) mass is 816 g/mol. The van der Waals surface area contributed by atoms with Gasteiger partial charge in [-0.25, -0.2) is 14.2 Å². The number of nitrogen functional groups attached to an aromatic ring is 1. The maximum absolute atomic E-state index is 14.2. The highest BCUT2D eigenvalue weighted by atomic mass is 32.2. The number of nitrogens with one attached hydrogen (secondary N) is 1. The Balaban J connectivity index is 1.09. The molecule has 2 saturated heterocycles. The molecule has 4 aromatic carbocycles. The highest BCUT2D eigenvalue weighted by Crippen LogP contribution is 2.43. The summed E-state index contributed by atoms with van der Waals surface area (Å²) in [6, 6.07) is 30.9. The molecule has 4 heterocycles. The van der Waals surface area contributed by atoms with E-state index in [2.05, 4.69) is 15.5 Å². The minimum absolute atomic E-state index is 0.00467. The van der Waals surface area contributed by atoms with Crippen LogP contribution in [-0.4, -0.2) is 73.2 Å². The summed E-state index contributed by atoms with van der Waals surface area (Å²) < 4.78 is 14.1. The number of carboxylic acid groups (broad SMARTS) is 1. The number of benzene rings is 4. The van der Waals surface area contributed by atoms with Gasteiger partial charge in [0.15, 0.2) is 22.4 Å². The van der Waals surface area contributed by atoms with E-state index in [0.29, 0.717) is 0 Å². The first kappa shape index (κ1) is 38.1. The molecule has 0 saturated carbocycles. The Morgan fingerprint density at radius 2 is 1.57 bits per heavy atom. The van der Waals surface area contributed by atoms with Gasteiger partial charge in [-0.3, -0.25) is 19.3 Å². The number of carbonyl (C=O) groups is 4. The quantitative estimate of drug-likeness (QED) is 0.0443. The fraction of sp³-hybridized carbons (Fsp3) is 0.143. The topological polar surface area (TPSA) is 188 Å². The summed E-state index contributed by atoms with van der Waals surface area (Å²) in [5.74, 6) is -4.88. The number of β-lactam (4-membered cyclic amide) rings is 1. The number of thioether (sulfide) groups is 1. The van der Waals surface area contributed by atoms with Crippen LogP contribution in [-0.2, 0) is 29.6 Å². The number of halogens is 1. The Labute approximate surface area is 338 Å². The first-order chi connectivity index (χ1) is 28.1. The number of fused-ring (bicyclic) bond motifs is 1. The number of aromatic hydroxyl groups is 1. The number of hydrogen-bond acceptors (Lipinski definition) is 11. The van der Waals surface area contributed by atoms with Crippen molar-refractivity contribution in [1.82, 2.24) is 15.2 Å². The zero-order valence-corrected chi connectivity index (χ0v) is 32.0. The highest BCUT2D eigenvalue weighted by Gasteiger charge is 2.54. The Morgan fingerprint density at radius 3 is 2.14 bits per heavy atom. The van der Waals surface area contributed by atoms with Crippen LogP contribution in [0.15, 0.2) is 143 Å². The van der Waals surface area contributed by atoms with E-state index in [9.17, 15) is 33.8 Å². The van der Waals surface area contributed by atoms with Gasteiger partial charge in [-0.2, -0.15) is 0 Å². The van der Waals surface area contributed by atoms with Gasteiger partial charge in [0.1, 0.15) is 22.8 Å². The third kappa shape index (κ3) is 6.75. The number of hydrogen-bond donors (Lipinski definition) is 4. The van der Waals surface area contributed by atoms with Gasteiger partial charge in [0.2, 0.25) is 5.60 Å². The van der Waals surface area contributed by atoms with Crippen LogP contribution in [0.25, 0.3) is 0 Å². The third-order valence-electron chi connectivity index (χ3n) is 10.0. The molecule has 3 aliphatic rings. The second-order valence-electron chi connectivity index (χ2n) is 13.4. The zero-order valence-electron chi connectivity index (χ0n) is 30.3. The van der Waals surface area contributed by atoms with Crippen molar-refractivity contribution >= 4 is 63.3 Å². The van der Waals surface area contributed by atoms with Gasteiger partial charge in [-0.15, -0.1) is 23.1 Å². The predicted octanol–water partition coefficient (Wildman–Crippen LogP) is 5.38. The van der Waals surface area contributed by atoms with Crippen molar-refractivity contribution in [1.29, 1.82) is 0 Å². The molecule has 5 aromatic rings. The van der Waals surface area contributed by atoms with Crippen molar-refractivity contribution in [3.05, 3.63) is 166 Å². The predicted molar refractivity (Wildman–Crippen MR) is 216 cm³/mol. The van der Waals surface area contributed by atoms with E-state index in [1.165, 1.54) is 34.9 Å². The lowest BCUT2D eigenvalue weighted by atomic mass is 9.80. The van der Waals surface area contributed by atoms with E-state index >= 15 is 0 Å². The van der Waals surface area contributed by atoms with Gasteiger partial charge >= 0.3 is 5.97 Å². The number of rotatable bonds is 11. The maximum Gasteiger partial charge on any atom is 0.352 e. The summed E-state index contributed by atoms with van der Waals surface area (Å²) >= 11 is 2.29. The molecule has 5 N–H and O–H groups in total. The van der Waals surface area contributed by atoms with Crippen LogP contribution in [0.5, 0.6) is 5.75 Å². The van der Waals surface area contributed by atoms with Crippen LogP contribution in [0.2, 0.25) is 0 Å². The van der Waals surface area contributed by atoms with E-state index < -0.39 is 52.3 Å². The Morgan fingerprint density at radius 1 is 0.948 bits per heavy atom. The molecule has 0 spiro atoms. The third-order valence-corrected chi connectivity index (χ3v) is 12.0. The molecule has 0 unspecified atom stereocenters. The van der Waals surface area contributed by atoms with Gasteiger partial charge in [-0.1, -0.05) is 102 Å². The number of allylic oxidation sites excluding steroid dienone is 1. The molecule has 0 bridgehead atoms. The Hall–Kier alpha value is -6.78. The van der Waals surface area contributed by atoms with E-state index in [1.807, 2.05) is 91.0 Å². The average molecular weight is 817 g/mol. The fourth-order valence-electron chi connectivity index (χ4n) is 7.27. The first-order valence-corrected chi connectivity index (χ1v) is 19.9. The van der Waals surface area contributed by atoms with Crippen molar-refractivity contribution in [2.45, 2.75) is 23.4 Å². The molecule has 2 fully saturated rings. The number of phenolic OH excluding ortho intramolecular Hbond substituents is 1. The number of aromatic nitrogens is 1. The summed E-state index contributed by atoms with van der Waals surface area (Å²) in [5.41, 5.74) is 6.76. The van der Waals surface area contributed by atoms with Crippen molar-refractivity contribution in [2.75, 3.05) is 22.9 Å². The van der Waals surface area contributed by atoms with Crippen molar-refractivity contribution in [2.24, 2.45) is 5.16 Å². The second-order valence-corrected chi connectivity index (χ2v) is 15.4. The number of para-hydroxylation sites is 1. The number of amides is 3. The van der Waals surface area contributed by atoms with Crippen molar-refractivity contribution in [3.8, 4) is 5.75 Å². The first-order valence-electron chi connectivity index (χ1n) is 17.9. The summed E-state index contributed by atoms with van der Waals surface area (Å²) in [7, 11) is 0. The number of phenols is 1. The number of aliphatic carboxylic acids is 1. The normalized spacial score (nSPS) is 18.9. The van der Waals surface area contributed by atoms with E-state index in [4.69, 9.17) is 10.6 Å². The minimum atomic E-state index is -1.40. The van der Waals surface area contributed by atoms with Crippen LogP contribution in [0, 0.1) is 5.82 Å². The number of anilines is 2. The Kier molecular flexibility index (Phi) is 10.3. The van der Waals surface area contributed by atoms with Crippen LogP contribution in [0.1, 0.15) is 28.8 Å². The molecular weight excluding hydrogens is 784 g/mol. The van der Waals surface area contributed by atoms with Crippen molar-refractivity contribution < 1.29 is 38.6 Å². The van der Waals surface area contributed by atoms with Gasteiger partial charge < -0.3 is 31.0 Å². The fourth-order valence-corrected chi connectivity index (χ4v) is 9.12. The molecule has 0 aliphatic carbocycles. The van der Waals surface area contributed by atoms with Crippen LogP contribution < -0.4 is 16.0 Å². The van der Waals surface area contributed by atoms with Gasteiger partial charge in [-0.05, 0) is 30.2 Å². The van der Waals surface area contributed by atoms with Crippen LogP contribution in [0.3, 0.4) is 0 Å². The molecule has 16 heteroatoms. The van der Waals surface area contributed by atoms with Gasteiger partial charge in [0.25, 0.3) is 17.7 Å². The molecule has 292 valence electrons. The number of carbonyl (C=O) groups excluding carboxylic acids is 3. The van der Waals surface area contributed by atoms with Gasteiger partial charge in [0.05, 0.1) is 5.69 Å². The number of nitrogens with zero attached hydrogens (tertiary/aromatic N) is 4. The standard InChI is InChI=1S/C42H33FN6O7S2/c43-29-17-10-18-31(35(29)50)48-20-19-24(37(48)52)21-25-22-57-39-33(38(53)49(39)34(25)40(54)55)46-36(51)32(30-23-58-41(44)45-30)47-56-42(26-11-4-1-5-12-26,27-13-6-2-7-14-27)28-15-8-3-9-16-28/h1-18,21,23,33,39,50H,19-20,22H2,(H2,44,45)(H,46,51)(H,54,55)/t33-,39-/m1/s1. The minimum Gasteiger partial charge on any atom is -0.503 e. The number of carboxylic acids is 1. The zero-order chi connectivity index (χ0) is 40.6. The smallest absolute Gasteiger partial charge is 0.352 e. The van der Waals surface area contributed by atoms with E-state index in [1.54, 1.807) is 5.38 Å². The lowest BCUT2D eigenvalue weighted by Crippen LogP contribution is -2.71. The van der Waals surface area contributed by atoms with E-state index in [0.717, 1.165) is 39.0 Å². The van der Waals surface area contributed by atoms with Crippen molar-refractivity contribution in [3.63, 3.8) is 0 Å².